The lowest BCUT2D eigenvalue weighted by atomic mass is 9.89. The number of nitrogens with one attached hydrogen (secondary N) is 1. The molecule has 1 saturated heterocycles. The quantitative estimate of drug-likeness (QED) is 0.720. The van der Waals surface area contributed by atoms with Crippen LogP contribution in [0.15, 0.2) is 12.1 Å². The van der Waals surface area contributed by atoms with Gasteiger partial charge in [-0.3, -0.25) is 0 Å². The van der Waals surface area contributed by atoms with Gasteiger partial charge in [0.25, 0.3) is 0 Å². The summed E-state index contributed by atoms with van der Waals surface area (Å²) in [6.45, 7) is 6.45. The lowest BCUT2D eigenvalue weighted by Crippen LogP contribution is -2.41. The van der Waals surface area contributed by atoms with E-state index < -0.39 is 0 Å². The van der Waals surface area contributed by atoms with Gasteiger partial charge in [0.05, 0.1) is 0 Å². The molecule has 0 amide bonds. The van der Waals surface area contributed by atoms with Crippen LogP contribution in [0.2, 0.25) is 0 Å². The van der Waals surface area contributed by atoms with Crippen LogP contribution in [0, 0.1) is 13.8 Å². The number of rotatable bonds is 0. The van der Waals surface area contributed by atoms with Crippen LogP contribution in [0.5, 0.6) is 5.75 Å². The second kappa shape index (κ2) is 3.49. The highest BCUT2D eigenvalue weighted by molar-refractivity contribution is 5.43. The molecule has 1 fully saturated rings. The number of hydrogen-bond donors (Lipinski definition) is 1. The second-order valence-corrected chi connectivity index (χ2v) is 5.26. The number of benzene rings is 1. The highest BCUT2D eigenvalue weighted by Crippen LogP contribution is 2.37. The molecule has 1 unspecified atom stereocenters. The number of ether oxygens (including phenoxy) is 1. The smallest absolute Gasteiger partial charge is 0.123 e. The van der Waals surface area contributed by atoms with Crippen molar-refractivity contribution in [3.63, 3.8) is 0 Å². The molecule has 1 spiro atoms. The van der Waals surface area contributed by atoms with Gasteiger partial charge in [-0.2, -0.15) is 0 Å². The molecule has 2 heterocycles. The summed E-state index contributed by atoms with van der Waals surface area (Å²) in [6.07, 6.45) is 3.48. The molecule has 1 atom stereocenters. The normalized spacial score (nSPS) is 27.9. The van der Waals surface area contributed by atoms with E-state index in [9.17, 15) is 0 Å². The standard InChI is InChI=1S/C14H19NO/c1-10-7-12-3-4-14(5-6-15-9-14)16-13(12)8-11(10)2/h7-8,15H,3-6,9H2,1-2H3. The fraction of sp³-hybridized carbons (Fsp3) is 0.571. The lowest BCUT2D eigenvalue weighted by Gasteiger charge is -2.35. The Kier molecular flexibility index (Phi) is 2.21. The van der Waals surface area contributed by atoms with E-state index in [1.165, 1.54) is 16.7 Å². The molecule has 1 aromatic rings. The maximum atomic E-state index is 6.25. The monoisotopic (exact) mass is 217 g/mol. The summed E-state index contributed by atoms with van der Waals surface area (Å²) >= 11 is 0. The molecule has 0 saturated carbocycles. The molecular weight excluding hydrogens is 198 g/mol. The summed E-state index contributed by atoms with van der Waals surface area (Å²) < 4.78 is 6.25. The molecule has 16 heavy (non-hydrogen) atoms. The fourth-order valence-corrected chi connectivity index (χ4v) is 2.81. The molecule has 0 radical (unpaired) electrons. The fourth-order valence-electron chi connectivity index (χ4n) is 2.81. The summed E-state index contributed by atoms with van der Waals surface area (Å²) in [5.74, 6) is 1.12. The third kappa shape index (κ3) is 1.52. The number of fused-ring (bicyclic) bond motifs is 1. The van der Waals surface area contributed by atoms with Crippen LogP contribution < -0.4 is 10.1 Å². The van der Waals surface area contributed by atoms with Gasteiger partial charge in [-0.25, -0.2) is 0 Å². The maximum Gasteiger partial charge on any atom is 0.123 e. The van der Waals surface area contributed by atoms with E-state index in [1.807, 2.05) is 0 Å². The van der Waals surface area contributed by atoms with Crippen molar-refractivity contribution >= 4 is 0 Å². The molecule has 0 aromatic heterocycles. The summed E-state index contributed by atoms with van der Waals surface area (Å²) in [4.78, 5) is 0. The Labute approximate surface area is 97.0 Å². The van der Waals surface area contributed by atoms with Crippen LogP contribution in [-0.4, -0.2) is 18.7 Å². The van der Waals surface area contributed by atoms with Crippen molar-refractivity contribution in [1.29, 1.82) is 0 Å². The Hall–Kier alpha value is -1.02. The maximum absolute atomic E-state index is 6.25. The van der Waals surface area contributed by atoms with Crippen molar-refractivity contribution in [3.05, 3.63) is 28.8 Å². The molecule has 2 heteroatoms. The molecule has 86 valence electrons. The van der Waals surface area contributed by atoms with Gasteiger partial charge in [0.2, 0.25) is 0 Å². The van der Waals surface area contributed by atoms with Gasteiger partial charge < -0.3 is 10.1 Å². The molecule has 2 nitrogen and oxygen atoms in total. The van der Waals surface area contributed by atoms with Crippen LogP contribution in [0.3, 0.4) is 0 Å². The first-order chi connectivity index (χ1) is 7.69. The van der Waals surface area contributed by atoms with Crippen molar-refractivity contribution in [3.8, 4) is 5.75 Å². The Morgan fingerprint density at radius 3 is 2.75 bits per heavy atom. The van der Waals surface area contributed by atoms with Crippen molar-refractivity contribution in [1.82, 2.24) is 5.32 Å². The van der Waals surface area contributed by atoms with E-state index in [1.54, 1.807) is 0 Å². The van der Waals surface area contributed by atoms with E-state index >= 15 is 0 Å². The predicted molar refractivity (Wildman–Crippen MR) is 65.1 cm³/mol. The van der Waals surface area contributed by atoms with Crippen molar-refractivity contribution in [2.24, 2.45) is 0 Å². The Morgan fingerprint density at radius 2 is 2.00 bits per heavy atom. The summed E-state index contributed by atoms with van der Waals surface area (Å²) in [5.41, 5.74) is 4.19. The van der Waals surface area contributed by atoms with Gasteiger partial charge in [-0.1, -0.05) is 6.07 Å². The van der Waals surface area contributed by atoms with E-state index in [-0.39, 0.29) is 5.60 Å². The van der Waals surface area contributed by atoms with E-state index in [2.05, 4.69) is 31.3 Å². The van der Waals surface area contributed by atoms with Crippen LogP contribution in [0.4, 0.5) is 0 Å². The third-order valence-corrected chi connectivity index (χ3v) is 4.06. The van der Waals surface area contributed by atoms with Crippen LogP contribution >= 0.6 is 0 Å². The highest BCUT2D eigenvalue weighted by atomic mass is 16.5. The van der Waals surface area contributed by atoms with Gasteiger partial charge in [-0.05, 0) is 56.0 Å². The first kappa shape index (κ1) is 10.2. The molecule has 3 rings (SSSR count). The van der Waals surface area contributed by atoms with Gasteiger partial charge in [0, 0.05) is 13.0 Å². The highest BCUT2D eigenvalue weighted by Gasteiger charge is 2.39. The average molecular weight is 217 g/mol. The van der Waals surface area contributed by atoms with E-state index in [4.69, 9.17) is 4.74 Å². The Bertz CT molecular complexity index is 419. The molecule has 2 aliphatic rings. The van der Waals surface area contributed by atoms with Gasteiger partial charge in [-0.15, -0.1) is 0 Å². The largest absolute Gasteiger partial charge is 0.486 e. The Balaban J connectivity index is 1.96. The van der Waals surface area contributed by atoms with Crippen LogP contribution in [-0.2, 0) is 6.42 Å². The van der Waals surface area contributed by atoms with Gasteiger partial charge in [0.1, 0.15) is 11.4 Å². The summed E-state index contributed by atoms with van der Waals surface area (Å²) in [6, 6.07) is 4.50. The zero-order valence-corrected chi connectivity index (χ0v) is 10.1. The minimum absolute atomic E-state index is 0.0920. The summed E-state index contributed by atoms with van der Waals surface area (Å²) in [7, 11) is 0. The first-order valence-corrected chi connectivity index (χ1v) is 6.18. The molecular formula is C14H19NO. The molecule has 1 aromatic carbocycles. The number of aryl methyl sites for hydroxylation is 3. The van der Waals surface area contributed by atoms with Crippen molar-refractivity contribution < 1.29 is 4.74 Å². The molecule has 0 aliphatic carbocycles. The zero-order chi connectivity index (χ0) is 11.2. The minimum atomic E-state index is 0.0920. The SMILES string of the molecule is Cc1cc2c(cc1C)OC1(CCNC1)CC2. The van der Waals surface area contributed by atoms with Crippen molar-refractivity contribution in [2.75, 3.05) is 13.1 Å². The zero-order valence-electron chi connectivity index (χ0n) is 10.1. The van der Waals surface area contributed by atoms with Crippen LogP contribution in [0.1, 0.15) is 29.5 Å². The lowest BCUT2D eigenvalue weighted by molar-refractivity contribution is 0.0663. The van der Waals surface area contributed by atoms with Gasteiger partial charge in [0.15, 0.2) is 0 Å². The molecule has 0 bridgehead atoms. The predicted octanol–water partition coefficient (Wildman–Crippen LogP) is 2.36. The molecule has 1 N–H and O–H groups in total. The van der Waals surface area contributed by atoms with E-state index in [0.29, 0.717) is 0 Å². The average Bonchev–Trinajstić information content (AvgIpc) is 2.69. The first-order valence-electron chi connectivity index (χ1n) is 6.18. The minimum Gasteiger partial charge on any atom is -0.486 e. The summed E-state index contributed by atoms with van der Waals surface area (Å²) in [5, 5.41) is 3.41. The van der Waals surface area contributed by atoms with Gasteiger partial charge >= 0.3 is 0 Å². The Morgan fingerprint density at radius 1 is 1.19 bits per heavy atom. The third-order valence-electron chi connectivity index (χ3n) is 4.06. The topological polar surface area (TPSA) is 21.3 Å². The van der Waals surface area contributed by atoms with Crippen molar-refractivity contribution in [2.45, 2.75) is 38.7 Å². The molecule has 2 aliphatic heterocycles. The van der Waals surface area contributed by atoms with E-state index in [0.717, 1.165) is 38.1 Å². The number of hydrogen-bond acceptors (Lipinski definition) is 2. The van der Waals surface area contributed by atoms with Crippen LogP contribution in [0.25, 0.3) is 0 Å². The second-order valence-electron chi connectivity index (χ2n) is 5.26.